The lowest BCUT2D eigenvalue weighted by atomic mass is 10.2. The zero-order valence-corrected chi connectivity index (χ0v) is 6.95. The lowest BCUT2D eigenvalue weighted by molar-refractivity contribution is -0.118. The molecule has 1 N–H and O–H groups in total. The van der Waals surface area contributed by atoms with Crippen molar-refractivity contribution in [2.24, 2.45) is 0 Å². The van der Waals surface area contributed by atoms with Crippen LogP contribution in [0.1, 0.15) is 12.5 Å². The smallest absolute Gasteiger partial charge is 0.220 e. The van der Waals surface area contributed by atoms with E-state index in [0.717, 1.165) is 5.56 Å². The predicted octanol–water partition coefficient (Wildman–Crippen LogP) is 1.79. The molecule has 62 valence electrons. The number of amides is 1. The van der Waals surface area contributed by atoms with Crippen LogP contribution in [-0.2, 0) is 4.79 Å². The maximum Gasteiger partial charge on any atom is 0.220 e. The van der Waals surface area contributed by atoms with Crippen molar-refractivity contribution >= 4 is 12.0 Å². The number of carbonyl (C=O) groups is 1. The first-order valence-corrected chi connectivity index (χ1v) is 3.78. The van der Waals surface area contributed by atoms with Crippen molar-refractivity contribution in [3.05, 3.63) is 42.1 Å². The summed E-state index contributed by atoms with van der Waals surface area (Å²) in [6, 6.07) is 9.80. The molecule has 0 aliphatic carbocycles. The summed E-state index contributed by atoms with van der Waals surface area (Å²) in [7, 11) is 0. The molecule has 0 aliphatic rings. The fourth-order valence-corrected chi connectivity index (χ4v) is 0.819. The Balaban J connectivity index is 2.52. The quantitative estimate of drug-likeness (QED) is 0.704. The van der Waals surface area contributed by atoms with E-state index in [-0.39, 0.29) is 5.91 Å². The molecule has 0 heterocycles. The first-order valence-electron chi connectivity index (χ1n) is 3.78. The summed E-state index contributed by atoms with van der Waals surface area (Å²) in [5.74, 6) is -0.0535. The van der Waals surface area contributed by atoms with E-state index >= 15 is 0 Å². The summed E-state index contributed by atoms with van der Waals surface area (Å²) >= 11 is 0. The highest BCUT2D eigenvalue weighted by atomic mass is 16.1. The highest BCUT2D eigenvalue weighted by Gasteiger charge is 1.83. The average molecular weight is 161 g/mol. The molecular weight excluding hydrogens is 150 g/mol. The van der Waals surface area contributed by atoms with E-state index in [0.29, 0.717) is 0 Å². The number of benzene rings is 1. The summed E-state index contributed by atoms with van der Waals surface area (Å²) in [5, 5.41) is 2.57. The summed E-state index contributed by atoms with van der Waals surface area (Å²) < 4.78 is 0. The van der Waals surface area contributed by atoms with Gasteiger partial charge in [0.05, 0.1) is 0 Å². The lowest BCUT2D eigenvalue weighted by Gasteiger charge is -1.92. The minimum absolute atomic E-state index is 0.0535. The van der Waals surface area contributed by atoms with Crippen LogP contribution in [0.15, 0.2) is 36.5 Å². The van der Waals surface area contributed by atoms with Crippen molar-refractivity contribution in [2.75, 3.05) is 0 Å². The zero-order valence-electron chi connectivity index (χ0n) is 6.95. The number of hydrogen-bond donors (Lipinski definition) is 1. The molecule has 0 radical (unpaired) electrons. The van der Waals surface area contributed by atoms with Gasteiger partial charge in [-0.1, -0.05) is 30.3 Å². The van der Waals surface area contributed by atoms with Crippen LogP contribution in [0, 0.1) is 0 Å². The van der Waals surface area contributed by atoms with Gasteiger partial charge in [-0.05, 0) is 11.6 Å². The van der Waals surface area contributed by atoms with Gasteiger partial charge in [-0.3, -0.25) is 4.79 Å². The molecule has 1 aromatic carbocycles. The first kappa shape index (κ1) is 8.53. The second-order valence-electron chi connectivity index (χ2n) is 2.44. The normalized spacial score (nSPS) is 10.1. The van der Waals surface area contributed by atoms with Gasteiger partial charge in [0, 0.05) is 13.1 Å². The topological polar surface area (TPSA) is 29.1 Å². The molecule has 2 heteroatoms. The van der Waals surface area contributed by atoms with Gasteiger partial charge >= 0.3 is 0 Å². The van der Waals surface area contributed by atoms with Crippen LogP contribution >= 0.6 is 0 Å². The standard InChI is InChI=1S/C10H11NO/c1-9(12)11-8-7-10-5-3-2-4-6-10/h2-8H,1H3,(H,11,12)/b8-7+. The molecule has 12 heavy (non-hydrogen) atoms. The van der Waals surface area contributed by atoms with E-state index in [2.05, 4.69) is 5.32 Å². The Bertz CT molecular complexity index is 277. The Kier molecular flexibility index (Phi) is 3.08. The maximum atomic E-state index is 10.5. The average Bonchev–Trinajstić information content (AvgIpc) is 2.05. The Morgan fingerprint density at radius 2 is 2.00 bits per heavy atom. The van der Waals surface area contributed by atoms with Crippen LogP contribution in [0.3, 0.4) is 0 Å². The highest BCUT2D eigenvalue weighted by Crippen LogP contribution is 1.99. The van der Waals surface area contributed by atoms with E-state index in [4.69, 9.17) is 0 Å². The number of hydrogen-bond acceptors (Lipinski definition) is 1. The first-order chi connectivity index (χ1) is 5.79. The second kappa shape index (κ2) is 4.34. The Morgan fingerprint density at radius 3 is 2.58 bits per heavy atom. The summed E-state index contributed by atoms with van der Waals surface area (Å²) in [6.45, 7) is 1.48. The van der Waals surface area contributed by atoms with Gasteiger partial charge in [0.25, 0.3) is 0 Å². The van der Waals surface area contributed by atoms with Gasteiger partial charge in [-0.25, -0.2) is 0 Å². The van der Waals surface area contributed by atoms with Crippen LogP contribution in [0.4, 0.5) is 0 Å². The molecule has 0 saturated carbocycles. The molecule has 0 atom stereocenters. The van der Waals surface area contributed by atoms with E-state index in [1.165, 1.54) is 6.92 Å². The molecule has 1 aromatic rings. The number of nitrogens with one attached hydrogen (secondary N) is 1. The molecule has 0 unspecified atom stereocenters. The van der Waals surface area contributed by atoms with Crippen molar-refractivity contribution in [3.63, 3.8) is 0 Å². The molecule has 0 aliphatic heterocycles. The molecule has 0 saturated heterocycles. The maximum absolute atomic E-state index is 10.5. The van der Waals surface area contributed by atoms with E-state index in [9.17, 15) is 4.79 Å². The van der Waals surface area contributed by atoms with Gasteiger partial charge in [0.1, 0.15) is 0 Å². The largest absolute Gasteiger partial charge is 0.333 e. The molecule has 0 fully saturated rings. The van der Waals surface area contributed by atoms with Crippen molar-refractivity contribution in [3.8, 4) is 0 Å². The van der Waals surface area contributed by atoms with Crippen molar-refractivity contribution < 1.29 is 4.79 Å². The molecule has 2 nitrogen and oxygen atoms in total. The van der Waals surface area contributed by atoms with Crippen LogP contribution in [0.2, 0.25) is 0 Å². The van der Waals surface area contributed by atoms with Gasteiger partial charge in [-0.15, -0.1) is 0 Å². The monoisotopic (exact) mass is 161 g/mol. The molecular formula is C10H11NO. The summed E-state index contributed by atoms with van der Waals surface area (Å²) in [4.78, 5) is 10.5. The van der Waals surface area contributed by atoms with Gasteiger partial charge < -0.3 is 5.32 Å². The molecule has 1 amide bonds. The minimum Gasteiger partial charge on any atom is -0.333 e. The summed E-state index contributed by atoms with van der Waals surface area (Å²) in [5.41, 5.74) is 1.08. The van der Waals surface area contributed by atoms with Crippen LogP contribution in [0.25, 0.3) is 6.08 Å². The fourth-order valence-electron chi connectivity index (χ4n) is 0.819. The number of carbonyl (C=O) groups excluding carboxylic acids is 1. The van der Waals surface area contributed by atoms with E-state index in [1.54, 1.807) is 6.20 Å². The van der Waals surface area contributed by atoms with Crippen LogP contribution in [-0.4, -0.2) is 5.91 Å². The Hall–Kier alpha value is -1.57. The third kappa shape index (κ3) is 3.01. The summed E-state index contributed by atoms with van der Waals surface area (Å²) in [6.07, 6.45) is 3.49. The second-order valence-corrected chi connectivity index (χ2v) is 2.44. The fraction of sp³-hybridized carbons (Fsp3) is 0.100. The van der Waals surface area contributed by atoms with Gasteiger partial charge in [0.2, 0.25) is 5.91 Å². The lowest BCUT2D eigenvalue weighted by Crippen LogP contribution is -2.10. The van der Waals surface area contributed by atoms with Crippen molar-refractivity contribution in [1.82, 2.24) is 5.32 Å². The Labute approximate surface area is 71.9 Å². The highest BCUT2D eigenvalue weighted by molar-refractivity contribution is 5.74. The third-order valence-corrected chi connectivity index (χ3v) is 1.36. The predicted molar refractivity (Wildman–Crippen MR) is 49.3 cm³/mol. The van der Waals surface area contributed by atoms with E-state index < -0.39 is 0 Å². The van der Waals surface area contributed by atoms with Crippen molar-refractivity contribution in [1.29, 1.82) is 0 Å². The molecule has 1 rings (SSSR count). The Morgan fingerprint density at radius 1 is 1.33 bits per heavy atom. The van der Waals surface area contributed by atoms with Crippen LogP contribution in [0.5, 0.6) is 0 Å². The molecule has 0 spiro atoms. The zero-order chi connectivity index (χ0) is 8.81. The number of rotatable bonds is 2. The van der Waals surface area contributed by atoms with Gasteiger partial charge in [0.15, 0.2) is 0 Å². The van der Waals surface area contributed by atoms with E-state index in [1.807, 2.05) is 36.4 Å². The third-order valence-electron chi connectivity index (χ3n) is 1.36. The molecule has 0 aromatic heterocycles. The minimum atomic E-state index is -0.0535. The van der Waals surface area contributed by atoms with Gasteiger partial charge in [-0.2, -0.15) is 0 Å². The van der Waals surface area contributed by atoms with Crippen molar-refractivity contribution in [2.45, 2.75) is 6.92 Å². The SMILES string of the molecule is CC(=O)N/C=C/c1ccccc1. The molecule has 0 bridgehead atoms. The van der Waals surface area contributed by atoms with Crippen LogP contribution < -0.4 is 5.32 Å².